The van der Waals surface area contributed by atoms with Crippen LogP contribution in [-0.4, -0.2) is 9.97 Å². The average molecular weight is 641 g/mol. The van der Waals surface area contributed by atoms with Gasteiger partial charge in [0.15, 0.2) is 11.2 Å². The van der Waals surface area contributed by atoms with E-state index in [1.54, 1.807) is 12.2 Å². The topological polar surface area (TPSA) is 139 Å². The first kappa shape index (κ1) is 28.7. The molecule has 0 radical (unpaired) electrons. The van der Waals surface area contributed by atoms with Crippen molar-refractivity contribution in [3.63, 3.8) is 0 Å². The van der Waals surface area contributed by atoms with Crippen molar-refractivity contribution in [3.8, 4) is 24.3 Å². The second-order valence-corrected chi connectivity index (χ2v) is 14.8. The molecule has 0 N–H and O–H groups in total. The van der Waals surface area contributed by atoms with Crippen LogP contribution in [0.3, 0.4) is 0 Å². The molecule has 2 aliphatic heterocycles. The van der Waals surface area contributed by atoms with Crippen LogP contribution in [0.25, 0.3) is 23.3 Å². The first-order valence-corrected chi connectivity index (χ1v) is 17.4. The van der Waals surface area contributed by atoms with Crippen LogP contribution < -0.4 is 0 Å². The molecule has 2 spiro atoms. The van der Waals surface area contributed by atoms with Crippen molar-refractivity contribution in [2.75, 3.05) is 0 Å². The lowest BCUT2D eigenvalue weighted by Crippen LogP contribution is -2.38. The summed E-state index contributed by atoms with van der Waals surface area (Å²) in [7, 11) is 0. The number of fused-ring (bicyclic) bond motifs is 9. The van der Waals surface area contributed by atoms with Gasteiger partial charge in [-0.1, -0.05) is 25.0 Å². The normalized spacial score (nSPS) is 23.9. The van der Waals surface area contributed by atoms with Crippen LogP contribution in [0.4, 0.5) is 0 Å². The van der Waals surface area contributed by atoms with Crippen LogP contribution in [0.5, 0.6) is 0 Å². The first-order chi connectivity index (χ1) is 22.5. The average Bonchev–Trinajstić information content (AvgIpc) is 3.72. The summed E-state index contributed by atoms with van der Waals surface area (Å²) in [5.74, 6) is 1.82. The Labute approximate surface area is 275 Å². The molecule has 0 saturated heterocycles. The van der Waals surface area contributed by atoms with Gasteiger partial charge in [-0.15, -0.1) is 22.7 Å². The zero-order chi connectivity index (χ0) is 31.5. The minimum absolute atomic E-state index is 0.0384. The van der Waals surface area contributed by atoms with Crippen molar-refractivity contribution in [2.45, 2.75) is 75.4 Å². The van der Waals surface area contributed by atoms with Crippen LogP contribution in [0, 0.1) is 57.2 Å². The van der Waals surface area contributed by atoms with E-state index in [9.17, 15) is 21.0 Å². The summed E-state index contributed by atoms with van der Waals surface area (Å²) in [6, 6.07) is 7.86. The van der Waals surface area contributed by atoms with Crippen molar-refractivity contribution in [3.05, 3.63) is 78.1 Å². The number of thiazole rings is 2. The smallest absolute Gasteiger partial charge is 0.152 e. The Bertz CT molecular complexity index is 1850. The summed E-state index contributed by atoms with van der Waals surface area (Å²) in [5, 5.41) is 38.9. The SMILES string of the molecule is N#CC(C#N)=Cc1nc2c(s1)C1=CC3C=C4OC5(CCCCC5)c5nc(C=C(C#N)C#N)sc5C4=CC3C=C1OC21CCCCC1. The monoisotopic (exact) mass is 640 g/mol. The molecule has 226 valence electrons. The predicted octanol–water partition coefficient (Wildman–Crippen LogP) is 8.33. The number of aromatic nitrogens is 2. The Morgan fingerprint density at radius 3 is 1.39 bits per heavy atom. The molecule has 2 fully saturated rings. The van der Waals surface area contributed by atoms with E-state index in [1.165, 1.54) is 22.7 Å². The van der Waals surface area contributed by atoms with Crippen molar-refractivity contribution >= 4 is 46.0 Å². The van der Waals surface area contributed by atoms with E-state index < -0.39 is 11.2 Å². The van der Waals surface area contributed by atoms with E-state index in [2.05, 4.69) is 24.3 Å². The Balaban J connectivity index is 1.24. The van der Waals surface area contributed by atoms with Crippen LogP contribution in [0.1, 0.15) is 95.4 Å². The maximum atomic E-state index is 9.40. The van der Waals surface area contributed by atoms with E-state index in [4.69, 9.17) is 19.4 Å². The first-order valence-electron chi connectivity index (χ1n) is 15.8. The summed E-state index contributed by atoms with van der Waals surface area (Å²) in [6.07, 6.45) is 22.3. The van der Waals surface area contributed by atoms with Crippen LogP contribution in [-0.2, 0) is 20.7 Å². The minimum Gasteiger partial charge on any atom is -0.481 e. The van der Waals surface area contributed by atoms with Gasteiger partial charge in [-0.3, -0.25) is 0 Å². The fourth-order valence-corrected chi connectivity index (χ4v) is 10.1. The molecule has 4 heterocycles. The molecular formula is C36H28N6O2S2. The Morgan fingerprint density at radius 1 is 0.630 bits per heavy atom. The number of nitriles is 4. The molecule has 10 heteroatoms. The molecular weight excluding hydrogens is 613 g/mol. The molecule has 6 aliphatic rings. The number of rotatable bonds is 2. The highest BCUT2D eigenvalue weighted by Gasteiger charge is 2.50. The third-order valence-electron chi connectivity index (χ3n) is 9.97. The van der Waals surface area contributed by atoms with E-state index in [0.717, 1.165) is 108 Å². The zero-order valence-corrected chi connectivity index (χ0v) is 26.6. The van der Waals surface area contributed by atoms with E-state index >= 15 is 0 Å². The largest absolute Gasteiger partial charge is 0.481 e. The van der Waals surface area contributed by atoms with Gasteiger partial charge in [-0.2, -0.15) is 21.0 Å². The fourth-order valence-electron chi connectivity index (χ4n) is 7.82. The predicted molar refractivity (Wildman–Crippen MR) is 173 cm³/mol. The van der Waals surface area contributed by atoms with E-state index in [-0.39, 0.29) is 23.0 Å². The molecule has 0 amide bonds. The van der Waals surface area contributed by atoms with Gasteiger partial charge in [-0.25, -0.2) is 9.97 Å². The van der Waals surface area contributed by atoms with Crippen LogP contribution >= 0.6 is 22.7 Å². The van der Waals surface area contributed by atoms with Crippen molar-refractivity contribution in [2.24, 2.45) is 11.8 Å². The van der Waals surface area contributed by atoms with Gasteiger partial charge in [0.05, 0.1) is 9.75 Å². The van der Waals surface area contributed by atoms with Gasteiger partial charge in [-0.05, 0) is 63.5 Å². The number of allylic oxidation sites excluding steroid dienone is 8. The zero-order valence-electron chi connectivity index (χ0n) is 25.0. The number of ether oxygens (including phenoxy) is 2. The van der Waals surface area contributed by atoms with Gasteiger partial charge < -0.3 is 9.47 Å². The Hall–Kier alpha value is -4.74. The van der Waals surface area contributed by atoms with Gasteiger partial charge in [0, 0.05) is 35.1 Å². The molecule has 2 unspecified atom stereocenters. The third-order valence-corrected chi connectivity index (χ3v) is 12.0. The van der Waals surface area contributed by atoms with Crippen LogP contribution in [0.15, 0.2) is 47.0 Å². The highest BCUT2D eigenvalue weighted by Crippen LogP contribution is 2.57. The molecule has 0 bridgehead atoms. The van der Waals surface area contributed by atoms with Crippen molar-refractivity contribution < 1.29 is 9.47 Å². The lowest BCUT2D eigenvalue weighted by Gasteiger charge is -2.45. The Morgan fingerprint density at radius 2 is 1.02 bits per heavy atom. The Kier molecular flexibility index (Phi) is 6.84. The van der Waals surface area contributed by atoms with Crippen LogP contribution in [0.2, 0.25) is 0 Å². The standard InChI is InChI=1S/C36H28N6O2S2/c37-17-21(18-38)11-29-41-33-31(45-29)25-13-24-16-28-26(14-23(24)15-27(25)43-35(33)7-3-1-4-8-35)32-34(36(44-28)9-5-2-6-10-36)42-30(46-32)12-22(19-39)20-40/h11-16,23-24H,1-10H2. The quantitative estimate of drug-likeness (QED) is 0.299. The molecule has 4 aliphatic carbocycles. The molecule has 8 nitrogen and oxygen atoms in total. The third kappa shape index (κ3) is 4.48. The molecule has 0 aromatic carbocycles. The number of hydrogen-bond acceptors (Lipinski definition) is 10. The van der Waals surface area contributed by atoms with E-state index in [1.807, 2.05) is 24.3 Å². The maximum Gasteiger partial charge on any atom is 0.152 e. The molecule has 2 aromatic heterocycles. The van der Waals surface area contributed by atoms with E-state index in [0.29, 0.717) is 10.0 Å². The summed E-state index contributed by atoms with van der Waals surface area (Å²) < 4.78 is 13.9. The summed E-state index contributed by atoms with van der Waals surface area (Å²) in [6.45, 7) is 0. The highest BCUT2D eigenvalue weighted by molar-refractivity contribution is 7.14. The highest BCUT2D eigenvalue weighted by atomic mass is 32.1. The summed E-state index contributed by atoms with van der Waals surface area (Å²) in [5.41, 5.74) is 2.94. The molecule has 46 heavy (non-hydrogen) atoms. The van der Waals surface area contributed by atoms with Gasteiger partial charge in [0.25, 0.3) is 0 Å². The van der Waals surface area contributed by atoms with Crippen molar-refractivity contribution in [1.29, 1.82) is 21.0 Å². The minimum atomic E-state index is -0.513. The molecule has 2 saturated carbocycles. The second kappa shape index (κ2) is 11.0. The lowest BCUT2D eigenvalue weighted by molar-refractivity contribution is -0.0374. The number of hydrogen-bond donors (Lipinski definition) is 0. The molecule has 8 rings (SSSR count). The fraction of sp³-hybridized carbons (Fsp3) is 0.389. The van der Waals surface area contributed by atoms with Crippen molar-refractivity contribution in [1.82, 2.24) is 9.97 Å². The molecule has 2 atom stereocenters. The van der Waals surface area contributed by atoms with Gasteiger partial charge in [0.1, 0.15) is 68.3 Å². The lowest BCUT2D eigenvalue weighted by atomic mass is 9.73. The summed E-state index contributed by atoms with van der Waals surface area (Å²) in [4.78, 5) is 12.1. The summed E-state index contributed by atoms with van der Waals surface area (Å²) >= 11 is 3.05. The maximum absolute atomic E-state index is 9.40. The van der Waals surface area contributed by atoms with Gasteiger partial charge >= 0.3 is 0 Å². The van der Waals surface area contributed by atoms with Gasteiger partial charge in [0.2, 0.25) is 0 Å². The molecule has 2 aromatic rings. The second-order valence-electron chi connectivity index (χ2n) is 12.7. The number of nitrogens with zero attached hydrogens (tertiary/aromatic N) is 6.